The Morgan fingerprint density at radius 3 is 2.82 bits per heavy atom. The van der Waals surface area contributed by atoms with Crippen molar-refractivity contribution in [1.82, 2.24) is 25.2 Å². The Morgan fingerprint density at radius 2 is 2.08 bits per heavy atom. The van der Waals surface area contributed by atoms with Gasteiger partial charge < -0.3 is 9.64 Å². The number of hydrogen-bond donors (Lipinski definition) is 1. The molecule has 2 fully saturated rings. The van der Waals surface area contributed by atoms with Gasteiger partial charge in [-0.25, -0.2) is 9.97 Å². The first kappa shape index (κ1) is 25.8. The van der Waals surface area contributed by atoms with Crippen LogP contribution in [0.2, 0.25) is 0 Å². The number of anilines is 1. The molecule has 2 aliphatic heterocycles. The zero-order chi connectivity index (χ0) is 26.3. The smallest absolute Gasteiger partial charge is 0.150 e. The highest BCUT2D eigenvalue weighted by Gasteiger charge is 2.48. The molecule has 0 amide bonds. The molecule has 0 radical (unpaired) electrons. The van der Waals surface area contributed by atoms with Gasteiger partial charge in [-0.2, -0.15) is 0 Å². The lowest BCUT2D eigenvalue weighted by Gasteiger charge is -2.37. The quantitative estimate of drug-likeness (QED) is 0.477. The summed E-state index contributed by atoms with van der Waals surface area (Å²) in [6.45, 7) is 13.2. The molecule has 1 aliphatic carbocycles. The maximum Gasteiger partial charge on any atom is 0.150 e. The van der Waals surface area contributed by atoms with E-state index >= 15 is 0 Å². The molecule has 0 aromatic carbocycles. The lowest BCUT2D eigenvalue weighted by Crippen LogP contribution is -2.53. The van der Waals surface area contributed by atoms with Crippen LogP contribution in [0.3, 0.4) is 0 Å². The van der Waals surface area contributed by atoms with Crippen molar-refractivity contribution in [2.24, 2.45) is 16.3 Å². The topological polar surface area (TPSA) is 78.8 Å². The van der Waals surface area contributed by atoms with Gasteiger partial charge in [0.2, 0.25) is 0 Å². The number of rotatable bonds is 8. The van der Waals surface area contributed by atoms with E-state index in [9.17, 15) is 0 Å². The van der Waals surface area contributed by atoms with E-state index in [2.05, 4.69) is 54.0 Å². The molecule has 5 heterocycles. The summed E-state index contributed by atoms with van der Waals surface area (Å²) >= 11 is 1.77. The first-order chi connectivity index (χ1) is 18.4. The van der Waals surface area contributed by atoms with Gasteiger partial charge in [-0.05, 0) is 43.4 Å². The Balaban J connectivity index is 1.47. The average Bonchev–Trinajstić information content (AvgIpc) is 3.47. The molecule has 3 aromatic heterocycles. The molecular weight excluding hydrogens is 494 g/mol. The third-order valence-corrected chi connectivity index (χ3v) is 9.71. The predicted octanol–water partition coefficient (Wildman–Crippen LogP) is 2.97. The fourth-order valence-electron chi connectivity index (χ4n) is 6.64. The van der Waals surface area contributed by atoms with Crippen LogP contribution in [0.1, 0.15) is 45.6 Å². The fourth-order valence-corrected chi connectivity index (χ4v) is 7.89. The van der Waals surface area contributed by atoms with Crippen LogP contribution < -0.4 is 20.1 Å². The minimum absolute atomic E-state index is 0.253. The Morgan fingerprint density at radius 1 is 1.24 bits per heavy atom. The molecule has 38 heavy (non-hydrogen) atoms. The van der Waals surface area contributed by atoms with Gasteiger partial charge in [0.15, 0.2) is 0 Å². The Kier molecular flexibility index (Phi) is 6.97. The molecule has 1 N–H and O–H groups in total. The van der Waals surface area contributed by atoms with Crippen LogP contribution in [0.5, 0.6) is 0 Å². The molecule has 1 saturated heterocycles. The fraction of sp³-hybridized carbons (Fsp3) is 0.586. The van der Waals surface area contributed by atoms with E-state index in [-0.39, 0.29) is 11.1 Å². The molecule has 1 saturated carbocycles. The van der Waals surface area contributed by atoms with E-state index in [0.29, 0.717) is 5.92 Å². The molecule has 0 bridgehead atoms. The molecule has 6 rings (SSSR count). The maximum absolute atomic E-state index is 5.57. The van der Waals surface area contributed by atoms with Gasteiger partial charge in [-0.1, -0.05) is 32.4 Å². The Labute approximate surface area is 228 Å². The molecule has 202 valence electrons. The van der Waals surface area contributed by atoms with Crippen molar-refractivity contribution in [1.29, 1.82) is 0 Å². The van der Waals surface area contributed by atoms with E-state index in [1.165, 1.54) is 16.4 Å². The van der Waals surface area contributed by atoms with E-state index in [0.717, 1.165) is 85.9 Å². The van der Waals surface area contributed by atoms with Gasteiger partial charge in [0.25, 0.3) is 0 Å². The van der Waals surface area contributed by atoms with Crippen LogP contribution in [0.15, 0.2) is 35.8 Å². The lowest BCUT2D eigenvalue weighted by molar-refractivity contribution is 0.0391. The predicted molar refractivity (Wildman–Crippen MR) is 153 cm³/mol. The number of ether oxygens (including phenoxy) is 1. The number of pyridine rings is 1. The van der Waals surface area contributed by atoms with Crippen LogP contribution >= 0.6 is 11.3 Å². The van der Waals surface area contributed by atoms with Gasteiger partial charge in [0.1, 0.15) is 22.5 Å². The van der Waals surface area contributed by atoms with Crippen LogP contribution in [-0.4, -0.2) is 72.0 Å². The van der Waals surface area contributed by atoms with Gasteiger partial charge in [0.05, 0.1) is 23.4 Å². The Hall–Kier alpha value is -2.46. The molecule has 3 aliphatic rings. The van der Waals surface area contributed by atoms with Crippen LogP contribution in [0, 0.1) is 11.3 Å². The second kappa shape index (κ2) is 10.3. The highest BCUT2D eigenvalue weighted by atomic mass is 32.1. The van der Waals surface area contributed by atoms with Crippen molar-refractivity contribution in [2.75, 3.05) is 51.3 Å². The van der Waals surface area contributed by atoms with E-state index in [1.54, 1.807) is 17.7 Å². The molecular formula is C29H39N7OS. The van der Waals surface area contributed by atoms with Crippen LogP contribution in [0.4, 0.5) is 5.82 Å². The van der Waals surface area contributed by atoms with E-state index < -0.39 is 0 Å². The summed E-state index contributed by atoms with van der Waals surface area (Å²) < 4.78 is 7.83. The SMILES string of the molecule is CCC1(NC)N=c2sc3c(N(CCN4CCOCC4)Cc4cccnc4)ncnc3c2=C2CC(C)(C)CC21. The number of fused-ring (bicyclic) bond motifs is 4. The summed E-state index contributed by atoms with van der Waals surface area (Å²) in [7, 11) is 2.07. The monoisotopic (exact) mass is 533 g/mol. The summed E-state index contributed by atoms with van der Waals surface area (Å²) in [5.74, 6) is 1.40. The van der Waals surface area contributed by atoms with Crippen LogP contribution in [0.25, 0.3) is 15.8 Å². The van der Waals surface area contributed by atoms with E-state index in [1.807, 2.05) is 18.5 Å². The second-order valence-corrected chi connectivity index (χ2v) is 12.7. The standard InChI is InChI=1S/C29H39N7OS/c1-5-29(30-4)22-16-28(2,3)15-21(22)23-24-25(38-27(23)34-29)26(33-19-32-24)36(18-20-7-6-8-31-17-20)10-9-35-11-13-37-14-12-35/h6-8,17,19,22,30H,5,9-16,18H2,1-4H3. The average molecular weight is 534 g/mol. The number of hydrogen-bond acceptors (Lipinski definition) is 9. The largest absolute Gasteiger partial charge is 0.379 e. The highest BCUT2D eigenvalue weighted by molar-refractivity contribution is 7.17. The zero-order valence-electron chi connectivity index (χ0n) is 23.0. The molecule has 2 unspecified atom stereocenters. The molecule has 2 atom stereocenters. The van der Waals surface area contributed by atoms with Crippen molar-refractivity contribution in [3.63, 3.8) is 0 Å². The summed E-state index contributed by atoms with van der Waals surface area (Å²) in [4.78, 5) is 24.5. The molecule has 3 aromatic rings. The van der Waals surface area contributed by atoms with Crippen molar-refractivity contribution in [2.45, 2.75) is 52.2 Å². The first-order valence-corrected chi connectivity index (χ1v) is 14.7. The summed E-state index contributed by atoms with van der Waals surface area (Å²) in [5, 5.41) is 4.91. The first-order valence-electron chi connectivity index (χ1n) is 13.9. The normalized spacial score (nSPS) is 24.7. The summed E-state index contributed by atoms with van der Waals surface area (Å²) in [6.07, 6.45) is 8.74. The van der Waals surface area contributed by atoms with Crippen molar-refractivity contribution in [3.05, 3.63) is 46.3 Å². The Bertz CT molecular complexity index is 1410. The highest BCUT2D eigenvalue weighted by Crippen LogP contribution is 2.51. The summed E-state index contributed by atoms with van der Waals surface area (Å²) in [6, 6.07) is 4.15. The summed E-state index contributed by atoms with van der Waals surface area (Å²) in [5.41, 5.74) is 3.78. The number of aromatic nitrogens is 3. The minimum atomic E-state index is -0.254. The van der Waals surface area contributed by atoms with Crippen LogP contribution in [-0.2, 0) is 11.3 Å². The number of nitrogens with zero attached hydrogens (tertiary/aromatic N) is 6. The maximum atomic E-state index is 5.57. The molecule has 9 heteroatoms. The minimum Gasteiger partial charge on any atom is -0.379 e. The molecule has 8 nitrogen and oxygen atoms in total. The van der Waals surface area contributed by atoms with Gasteiger partial charge in [-0.15, -0.1) is 11.3 Å². The number of thiophene rings is 1. The van der Waals surface area contributed by atoms with Gasteiger partial charge in [0, 0.05) is 56.3 Å². The third-order valence-electron chi connectivity index (χ3n) is 8.64. The van der Waals surface area contributed by atoms with E-state index in [4.69, 9.17) is 19.7 Å². The van der Waals surface area contributed by atoms with Crippen molar-refractivity contribution >= 4 is 32.9 Å². The molecule has 0 spiro atoms. The number of nitrogens with one attached hydrogen (secondary N) is 1. The third kappa shape index (κ3) is 4.63. The second-order valence-electron chi connectivity index (χ2n) is 11.7. The lowest BCUT2D eigenvalue weighted by atomic mass is 9.82. The zero-order valence-corrected chi connectivity index (χ0v) is 23.9. The van der Waals surface area contributed by atoms with Gasteiger partial charge >= 0.3 is 0 Å². The number of morpholine rings is 1. The van der Waals surface area contributed by atoms with Crippen molar-refractivity contribution < 1.29 is 4.74 Å². The van der Waals surface area contributed by atoms with Crippen molar-refractivity contribution in [3.8, 4) is 0 Å². The van der Waals surface area contributed by atoms with Gasteiger partial charge in [-0.3, -0.25) is 20.2 Å².